The van der Waals surface area contributed by atoms with Gasteiger partial charge in [0.25, 0.3) is 0 Å². The Bertz CT molecular complexity index is 400. The Hall–Kier alpha value is -1.19. The predicted octanol–water partition coefficient (Wildman–Crippen LogP) is 5.54. The Morgan fingerprint density at radius 3 is 2.52 bits per heavy atom. The van der Waals surface area contributed by atoms with Crippen molar-refractivity contribution in [3.05, 3.63) is 23.9 Å². The fraction of sp³-hybridized carbons (Fsp3) is 0.706. The molecule has 4 heteroatoms. The van der Waals surface area contributed by atoms with E-state index < -0.39 is 6.61 Å². The maximum atomic E-state index is 12.1. The highest BCUT2D eigenvalue weighted by molar-refractivity contribution is 5.21. The zero-order valence-electron chi connectivity index (χ0n) is 12.7. The number of halogens is 2. The Morgan fingerprint density at radius 2 is 1.95 bits per heavy atom. The SMILES string of the molecule is CCCCCC1CCC(c2ccc(OC(F)F)nc2)CC1. The summed E-state index contributed by atoms with van der Waals surface area (Å²) in [7, 11) is 0. The second-order valence-electron chi connectivity index (χ2n) is 6.02. The summed E-state index contributed by atoms with van der Waals surface area (Å²) >= 11 is 0. The second-order valence-corrected chi connectivity index (χ2v) is 6.02. The monoisotopic (exact) mass is 297 g/mol. The second kappa shape index (κ2) is 8.30. The molecule has 0 unspecified atom stereocenters. The van der Waals surface area contributed by atoms with Gasteiger partial charge in [-0.05, 0) is 43.1 Å². The van der Waals surface area contributed by atoms with Crippen LogP contribution >= 0.6 is 0 Å². The molecule has 0 spiro atoms. The Morgan fingerprint density at radius 1 is 1.19 bits per heavy atom. The quantitative estimate of drug-likeness (QED) is 0.617. The van der Waals surface area contributed by atoms with Gasteiger partial charge in [-0.2, -0.15) is 8.78 Å². The van der Waals surface area contributed by atoms with E-state index >= 15 is 0 Å². The van der Waals surface area contributed by atoms with E-state index in [4.69, 9.17) is 0 Å². The van der Waals surface area contributed by atoms with E-state index in [0.29, 0.717) is 5.92 Å². The van der Waals surface area contributed by atoms with E-state index in [9.17, 15) is 8.78 Å². The molecule has 0 radical (unpaired) electrons. The van der Waals surface area contributed by atoms with Crippen molar-refractivity contribution in [2.45, 2.75) is 70.8 Å². The minimum Gasteiger partial charge on any atom is -0.417 e. The van der Waals surface area contributed by atoms with Crippen molar-refractivity contribution in [3.63, 3.8) is 0 Å². The number of alkyl halides is 2. The number of hydrogen-bond donors (Lipinski definition) is 0. The van der Waals surface area contributed by atoms with Crippen LogP contribution in [-0.2, 0) is 0 Å². The zero-order chi connectivity index (χ0) is 15.1. The van der Waals surface area contributed by atoms with E-state index in [1.807, 2.05) is 6.07 Å². The number of rotatable bonds is 7. The molecule has 0 aliphatic heterocycles. The fourth-order valence-electron chi connectivity index (χ4n) is 3.26. The van der Waals surface area contributed by atoms with Crippen molar-refractivity contribution in [2.24, 2.45) is 5.92 Å². The minimum absolute atomic E-state index is 0.00185. The molecule has 21 heavy (non-hydrogen) atoms. The molecule has 1 aromatic heterocycles. The number of nitrogens with zero attached hydrogens (tertiary/aromatic N) is 1. The summed E-state index contributed by atoms with van der Waals surface area (Å²) in [6.07, 6.45) is 12.0. The van der Waals surface area contributed by atoms with Gasteiger partial charge in [-0.3, -0.25) is 0 Å². The molecule has 0 amide bonds. The normalized spacial score (nSPS) is 22.5. The van der Waals surface area contributed by atoms with Gasteiger partial charge in [0.05, 0.1) is 0 Å². The van der Waals surface area contributed by atoms with Crippen LogP contribution in [0.25, 0.3) is 0 Å². The van der Waals surface area contributed by atoms with Gasteiger partial charge >= 0.3 is 6.61 Å². The summed E-state index contributed by atoms with van der Waals surface area (Å²) in [5.41, 5.74) is 1.16. The van der Waals surface area contributed by atoms with Gasteiger partial charge in [-0.25, -0.2) is 4.98 Å². The van der Waals surface area contributed by atoms with Gasteiger partial charge in [-0.15, -0.1) is 0 Å². The highest BCUT2D eigenvalue weighted by Gasteiger charge is 2.22. The van der Waals surface area contributed by atoms with Crippen molar-refractivity contribution in [1.82, 2.24) is 4.98 Å². The van der Waals surface area contributed by atoms with Crippen molar-refractivity contribution in [3.8, 4) is 5.88 Å². The molecule has 0 bridgehead atoms. The molecule has 1 aliphatic rings. The lowest BCUT2D eigenvalue weighted by Gasteiger charge is -2.28. The summed E-state index contributed by atoms with van der Waals surface area (Å²) in [6, 6.07) is 3.43. The largest absolute Gasteiger partial charge is 0.417 e. The first-order valence-electron chi connectivity index (χ1n) is 8.09. The van der Waals surface area contributed by atoms with Gasteiger partial charge < -0.3 is 4.74 Å². The third-order valence-corrected chi connectivity index (χ3v) is 4.50. The molecular formula is C17H25F2NO. The molecule has 0 aromatic carbocycles. The average Bonchev–Trinajstić information content (AvgIpc) is 2.49. The molecule has 1 fully saturated rings. The standard InChI is InChI=1S/C17H25F2NO/c1-2-3-4-5-13-6-8-14(9-7-13)15-10-11-16(20-12-15)21-17(18)19/h10-14,17H,2-9H2,1H3. The number of hydrogen-bond acceptors (Lipinski definition) is 2. The van der Waals surface area contributed by atoms with Gasteiger partial charge in [0.15, 0.2) is 0 Å². The van der Waals surface area contributed by atoms with E-state index in [0.717, 1.165) is 11.5 Å². The molecular weight excluding hydrogens is 272 g/mol. The first kappa shape index (κ1) is 16.2. The first-order valence-corrected chi connectivity index (χ1v) is 8.09. The lowest BCUT2D eigenvalue weighted by Crippen LogP contribution is -2.13. The van der Waals surface area contributed by atoms with Crippen LogP contribution in [0.1, 0.15) is 69.8 Å². The number of pyridine rings is 1. The van der Waals surface area contributed by atoms with Crippen LogP contribution in [0.2, 0.25) is 0 Å². The summed E-state index contributed by atoms with van der Waals surface area (Å²) in [6.45, 7) is -0.562. The van der Waals surface area contributed by atoms with Crippen LogP contribution in [0.5, 0.6) is 5.88 Å². The third-order valence-electron chi connectivity index (χ3n) is 4.50. The van der Waals surface area contributed by atoms with E-state index in [1.54, 1.807) is 12.3 Å². The molecule has 118 valence electrons. The first-order chi connectivity index (χ1) is 10.2. The fourth-order valence-corrected chi connectivity index (χ4v) is 3.26. The van der Waals surface area contributed by atoms with Crippen LogP contribution in [0.15, 0.2) is 18.3 Å². The van der Waals surface area contributed by atoms with E-state index in [-0.39, 0.29) is 5.88 Å². The highest BCUT2D eigenvalue weighted by Crippen LogP contribution is 2.37. The summed E-state index contributed by atoms with van der Waals surface area (Å²) in [5, 5.41) is 0. The Labute approximate surface area is 125 Å². The highest BCUT2D eigenvalue weighted by atomic mass is 19.3. The average molecular weight is 297 g/mol. The van der Waals surface area contributed by atoms with Crippen LogP contribution in [-0.4, -0.2) is 11.6 Å². The van der Waals surface area contributed by atoms with Crippen LogP contribution in [0, 0.1) is 5.92 Å². The molecule has 0 saturated heterocycles. The van der Waals surface area contributed by atoms with Gasteiger partial charge in [0.2, 0.25) is 5.88 Å². The maximum Gasteiger partial charge on any atom is 0.388 e. The summed E-state index contributed by atoms with van der Waals surface area (Å²) in [5.74, 6) is 1.41. The van der Waals surface area contributed by atoms with Crippen molar-refractivity contribution in [2.75, 3.05) is 0 Å². The van der Waals surface area contributed by atoms with Crippen molar-refractivity contribution < 1.29 is 13.5 Å². The summed E-state index contributed by atoms with van der Waals surface area (Å²) < 4.78 is 28.5. The van der Waals surface area contributed by atoms with Gasteiger partial charge in [0, 0.05) is 12.3 Å². The minimum atomic E-state index is -2.80. The summed E-state index contributed by atoms with van der Waals surface area (Å²) in [4.78, 5) is 3.97. The Balaban J connectivity index is 1.79. The number of aromatic nitrogens is 1. The third kappa shape index (κ3) is 5.25. The molecule has 0 N–H and O–H groups in total. The smallest absolute Gasteiger partial charge is 0.388 e. The van der Waals surface area contributed by atoms with Crippen molar-refractivity contribution >= 4 is 0 Å². The van der Waals surface area contributed by atoms with Crippen LogP contribution in [0.3, 0.4) is 0 Å². The molecule has 1 aromatic rings. The topological polar surface area (TPSA) is 22.1 Å². The lowest BCUT2D eigenvalue weighted by atomic mass is 9.77. The lowest BCUT2D eigenvalue weighted by molar-refractivity contribution is -0.0528. The maximum absolute atomic E-state index is 12.1. The zero-order valence-corrected chi connectivity index (χ0v) is 12.7. The number of unbranched alkanes of at least 4 members (excludes halogenated alkanes) is 2. The van der Waals surface area contributed by atoms with Crippen LogP contribution < -0.4 is 4.74 Å². The van der Waals surface area contributed by atoms with Gasteiger partial charge in [0.1, 0.15) is 0 Å². The van der Waals surface area contributed by atoms with E-state index in [2.05, 4.69) is 16.6 Å². The molecule has 1 saturated carbocycles. The molecule has 2 nitrogen and oxygen atoms in total. The molecule has 1 aliphatic carbocycles. The number of ether oxygens (including phenoxy) is 1. The molecule has 0 atom stereocenters. The molecule has 1 heterocycles. The van der Waals surface area contributed by atoms with Crippen LogP contribution in [0.4, 0.5) is 8.78 Å². The van der Waals surface area contributed by atoms with E-state index in [1.165, 1.54) is 51.4 Å². The molecule has 2 rings (SSSR count). The van der Waals surface area contributed by atoms with Gasteiger partial charge in [-0.1, -0.05) is 38.7 Å². The Kier molecular flexibility index (Phi) is 6.40. The van der Waals surface area contributed by atoms with Crippen molar-refractivity contribution in [1.29, 1.82) is 0 Å². The predicted molar refractivity (Wildman–Crippen MR) is 79.7 cm³/mol.